The number of halogens is 2. The minimum absolute atomic E-state index is 0. The minimum Gasteiger partial charge on any atom is -0.165 e. The van der Waals surface area contributed by atoms with Gasteiger partial charge in [0, 0.05) is 0 Å². The summed E-state index contributed by atoms with van der Waals surface area (Å²) in [5, 5.41) is 11.2. The van der Waals surface area contributed by atoms with Crippen molar-refractivity contribution in [3.63, 3.8) is 0 Å². The maximum absolute atomic E-state index is 2.46. The van der Waals surface area contributed by atoms with E-state index in [0.29, 0.717) is 0 Å². The standard InChI is InChI=1S/C30H22.2ClH.Zr/c1-3-7-21-17-29-25(13-19(21)5-1)15-23-9-10-24-16-26-14-20-6-2-4-8-22(20)18-30(26)28(24)12-11-27(23)29;;;/h1-8,13-18H,9-12H2;2*1H;/q-2;;;+2. The molecular formula is C30H24Cl2Zr. The maximum Gasteiger partial charge on any atom is 2.00 e. The molecule has 1 aliphatic carbocycles. The summed E-state index contributed by atoms with van der Waals surface area (Å²) in [5.41, 5.74) is 6.27. The van der Waals surface area contributed by atoms with Gasteiger partial charge in [-0.2, -0.15) is 12.1 Å². The maximum atomic E-state index is 2.46. The van der Waals surface area contributed by atoms with Gasteiger partial charge in [-0.15, -0.1) is 80.7 Å². The topological polar surface area (TPSA) is 0 Å². The molecule has 0 heterocycles. The second-order valence-corrected chi connectivity index (χ2v) is 8.87. The zero-order valence-electron chi connectivity index (χ0n) is 18.2. The van der Waals surface area contributed by atoms with E-state index in [1.165, 1.54) is 43.1 Å². The molecule has 0 N–H and O–H groups in total. The van der Waals surface area contributed by atoms with E-state index in [9.17, 15) is 0 Å². The van der Waals surface area contributed by atoms with Crippen LogP contribution in [0.4, 0.5) is 0 Å². The van der Waals surface area contributed by atoms with Gasteiger partial charge in [-0.05, 0) is 23.6 Å². The fourth-order valence-electron chi connectivity index (χ4n) is 5.73. The van der Waals surface area contributed by atoms with Crippen molar-refractivity contribution in [2.45, 2.75) is 25.7 Å². The van der Waals surface area contributed by atoms with Gasteiger partial charge in [0.1, 0.15) is 0 Å². The molecule has 0 atom stereocenters. The summed E-state index contributed by atoms with van der Waals surface area (Å²) in [4.78, 5) is 0. The monoisotopic (exact) mass is 544 g/mol. The Hall–Kier alpha value is -1.92. The van der Waals surface area contributed by atoms with Crippen LogP contribution in [0.25, 0.3) is 43.1 Å². The van der Waals surface area contributed by atoms with Crippen LogP contribution in [0.3, 0.4) is 0 Å². The molecule has 3 heteroatoms. The van der Waals surface area contributed by atoms with Gasteiger partial charge in [-0.3, -0.25) is 0 Å². The quantitative estimate of drug-likeness (QED) is 0.168. The first-order valence-electron chi connectivity index (χ1n) is 11.0. The molecular weight excluding hydrogens is 522 g/mol. The number of aryl methyl sites for hydroxylation is 4. The molecule has 0 nitrogen and oxygen atoms in total. The Kier molecular flexibility index (Phi) is 6.88. The van der Waals surface area contributed by atoms with Crippen molar-refractivity contribution in [2.24, 2.45) is 0 Å². The number of hydrogen-bond acceptors (Lipinski definition) is 0. The fraction of sp³-hybridized carbons (Fsp3) is 0.133. The smallest absolute Gasteiger partial charge is 0.165 e. The Labute approximate surface area is 225 Å². The summed E-state index contributed by atoms with van der Waals surface area (Å²) < 4.78 is 0. The molecule has 6 aromatic rings. The number of fused-ring (bicyclic) bond motifs is 8. The van der Waals surface area contributed by atoms with Crippen molar-refractivity contribution in [3.8, 4) is 0 Å². The summed E-state index contributed by atoms with van der Waals surface area (Å²) in [7, 11) is 0. The number of rotatable bonds is 0. The zero-order valence-corrected chi connectivity index (χ0v) is 22.3. The van der Waals surface area contributed by atoms with Crippen molar-refractivity contribution in [1.29, 1.82) is 0 Å². The minimum atomic E-state index is 0. The molecule has 0 amide bonds. The van der Waals surface area contributed by atoms with Crippen LogP contribution in [0.5, 0.6) is 0 Å². The third-order valence-corrected chi connectivity index (χ3v) is 7.21. The molecule has 0 fully saturated rings. The Morgan fingerprint density at radius 1 is 0.455 bits per heavy atom. The van der Waals surface area contributed by atoms with E-state index in [2.05, 4.69) is 84.9 Å². The Balaban J connectivity index is 0.000000864. The predicted octanol–water partition coefficient (Wildman–Crippen LogP) is 8.46. The SMILES string of the molecule is Cl.Cl.[Zr+2].c1ccc2cc3c(cc4[c-]3CC[c-]3c(cc5cc6ccccc6cc53)CC4)cc2c1. The average molecular weight is 547 g/mol. The summed E-state index contributed by atoms with van der Waals surface area (Å²) in [6, 6.07) is 32.0. The van der Waals surface area contributed by atoms with E-state index in [0.717, 1.165) is 25.7 Å². The van der Waals surface area contributed by atoms with Crippen LogP contribution >= 0.6 is 24.8 Å². The molecule has 0 saturated carbocycles. The van der Waals surface area contributed by atoms with Crippen LogP contribution in [0.1, 0.15) is 22.3 Å². The average Bonchev–Trinajstić information content (AvgIpc) is 3.27. The second kappa shape index (κ2) is 9.38. The summed E-state index contributed by atoms with van der Waals surface area (Å²) >= 11 is 0. The van der Waals surface area contributed by atoms with Crippen LogP contribution in [0.2, 0.25) is 0 Å². The van der Waals surface area contributed by atoms with Crippen LogP contribution < -0.4 is 0 Å². The van der Waals surface area contributed by atoms with Crippen LogP contribution in [-0.4, -0.2) is 0 Å². The molecule has 0 aliphatic heterocycles. The van der Waals surface area contributed by atoms with Gasteiger partial charge >= 0.3 is 26.2 Å². The third kappa shape index (κ3) is 3.89. The zero-order chi connectivity index (χ0) is 19.7. The first-order valence-corrected chi connectivity index (χ1v) is 11.0. The molecule has 162 valence electrons. The first-order chi connectivity index (χ1) is 14.8. The van der Waals surface area contributed by atoms with Crippen molar-refractivity contribution in [1.82, 2.24) is 0 Å². The van der Waals surface area contributed by atoms with Crippen molar-refractivity contribution >= 4 is 67.9 Å². The van der Waals surface area contributed by atoms with Gasteiger partial charge < -0.3 is 0 Å². The Bertz CT molecular complexity index is 1480. The molecule has 0 bridgehead atoms. The van der Waals surface area contributed by atoms with Gasteiger partial charge in [0.25, 0.3) is 0 Å². The van der Waals surface area contributed by atoms with Crippen molar-refractivity contribution < 1.29 is 26.2 Å². The molecule has 0 radical (unpaired) electrons. The van der Waals surface area contributed by atoms with Crippen LogP contribution in [-0.2, 0) is 51.9 Å². The summed E-state index contributed by atoms with van der Waals surface area (Å²) in [6.07, 6.45) is 4.55. The molecule has 0 unspecified atom stereocenters. The predicted molar refractivity (Wildman–Crippen MR) is 143 cm³/mol. The molecule has 1 aliphatic rings. The molecule has 0 spiro atoms. The van der Waals surface area contributed by atoms with E-state index in [1.54, 1.807) is 22.3 Å². The summed E-state index contributed by atoms with van der Waals surface area (Å²) in [5.74, 6) is 0. The number of benzene rings is 4. The van der Waals surface area contributed by atoms with Crippen molar-refractivity contribution in [3.05, 3.63) is 107 Å². The van der Waals surface area contributed by atoms with E-state index >= 15 is 0 Å². The van der Waals surface area contributed by atoms with Crippen LogP contribution in [0, 0.1) is 0 Å². The van der Waals surface area contributed by atoms with Gasteiger partial charge in [0.15, 0.2) is 0 Å². The second-order valence-electron chi connectivity index (χ2n) is 8.87. The Morgan fingerprint density at radius 2 is 0.818 bits per heavy atom. The molecule has 7 rings (SSSR count). The normalized spacial score (nSPS) is 12.8. The van der Waals surface area contributed by atoms with E-state index in [-0.39, 0.29) is 51.0 Å². The van der Waals surface area contributed by atoms with E-state index in [4.69, 9.17) is 0 Å². The fourth-order valence-corrected chi connectivity index (χ4v) is 5.73. The molecule has 0 aromatic heterocycles. The van der Waals surface area contributed by atoms with Gasteiger partial charge in [0.05, 0.1) is 0 Å². The molecule has 6 aromatic carbocycles. The van der Waals surface area contributed by atoms with Gasteiger partial charge in [-0.1, -0.05) is 84.3 Å². The van der Waals surface area contributed by atoms with E-state index in [1.807, 2.05) is 0 Å². The number of hydrogen-bond donors (Lipinski definition) is 0. The molecule has 0 saturated heterocycles. The first kappa shape index (κ1) is 24.2. The summed E-state index contributed by atoms with van der Waals surface area (Å²) in [6.45, 7) is 0. The Morgan fingerprint density at radius 3 is 1.21 bits per heavy atom. The largest absolute Gasteiger partial charge is 2.00 e. The van der Waals surface area contributed by atoms with E-state index < -0.39 is 0 Å². The van der Waals surface area contributed by atoms with Gasteiger partial charge in [0.2, 0.25) is 0 Å². The van der Waals surface area contributed by atoms with Crippen LogP contribution in [0.15, 0.2) is 84.9 Å². The molecule has 33 heavy (non-hydrogen) atoms. The third-order valence-electron chi connectivity index (χ3n) is 7.21. The van der Waals surface area contributed by atoms with Crippen molar-refractivity contribution in [2.75, 3.05) is 0 Å². The van der Waals surface area contributed by atoms with Gasteiger partial charge in [-0.25, -0.2) is 0 Å².